The summed E-state index contributed by atoms with van der Waals surface area (Å²) < 4.78 is 7.80. The lowest BCUT2D eigenvalue weighted by molar-refractivity contribution is 0.278. The second-order valence-electron chi connectivity index (χ2n) is 7.82. The SMILES string of the molecule is CSc1ccc2c(c1)Nc1nc(=O)n(C3CCCN(CCCN=C(N)N)CC3)cc1O2. The van der Waals surface area contributed by atoms with Gasteiger partial charge >= 0.3 is 5.69 Å². The molecule has 9 nitrogen and oxygen atoms in total. The zero-order valence-electron chi connectivity index (χ0n) is 17.7. The molecule has 0 spiro atoms. The maximum atomic E-state index is 12.8. The first-order chi connectivity index (χ1) is 15.0. The van der Waals surface area contributed by atoms with Crippen LogP contribution in [-0.2, 0) is 0 Å². The van der Waals surface area contributed by atoms with Crippen molar-refractivity contribution in [1.82, 2.24) is 14.5 Å². The van der Waals surface area contributed by atoms with Crippen molar-refractivity contribution in [3.05, 3.63) is 34.9 Å². The molecule has 166 valence electrons. The van der Waals surface area contributed by atoms with E-state index in [9.17, 15) is 4.79 Å². The van der Waals surface area contributed by atoms with E-state index < -0.39 is 0 Å². The van der Waals surface area contributed by atoms with Crippen LogP contribution >= 0.6 is 11.8 Å². The first-order valence-corrected chi connectivity index (χ1v) is 11.8. The number of benzene rings is 1. The second-order valence-corrected chi connectivity index (χ2v) is 8.70. The molecular formula is C21H29N7O2S. The molecule has 0 aliphatic carbocycles. The summed E-state index contributed by atoms with van der Waals surface area (Å²) >= 11 is 1.65. The predicted octanol–water partition coefficient (Wildman–Crippen LogP) is 2.51. The highest BCUT2D eigenvalue weighted by molar-refractivity contribution is 7.98. The number of hydrogen-bond acceptors (Lipinski definition) is 7. The fourth-order valence-corrected chi connectivity index (χ4v) is 4.53. The Kier molecular flexibility index (Phi) is 6.67. The number of hydrogen-bond donors (Lipinski definition) is 3. The molecule has 5 N–H and O–H groups in total. The Hall–Kier alpha value is -2.72. The summed E-state index contributed by atoms with van der Waals surface area (Å²) in [5.74, 6) is 1.94. The van der Waals surface area contributed by atoms with Gasteiger partial charge < -0.3 is 26.4 Å². The molecule has 0 bridgehead atoms. The molecule has 0 saturated carbocycles. The highest BCUT2D eigenvalue weighted by Gasteiger charge is 2.24. The standard InChI is InChI=1S/C21H29N7O2S/c1-31-15-5-6-17-16(12-15)25-19-18(30-17)13-28(21(29)26-19)14-4-2-9-27(11-7-14)10-3-8-24-20(22)23/h5-6,12-14H,2-4,7-11H2,1H3,(H4,22,23,24)(H,25,26,29). The van der Waals surface area contributed by atoms with Crippen LogP contribution in [0.3, 0.4) is 0 Å². The molecule has 1 fully saturated rings. The van der Waals surface area contributed by atoms with E-state index in [0.717, 1.165) is 61.6 Å². The van der Waals surface area contributed by atoms with Crippen LogP contribution in [0.1, 0.15) is 31.7 Å². The molecule has 2 aliphatic heterocycles. The minimum Gasteiger partial charge on any atom is -0.450 e. The molecule has 1 atom stereocenters. The van der Waals surface area contributed by atoms with Crippen LogP contribution in [0.4, 0.5) is 11.5 Å². The molecule has 1 saturated heterocycles. The number of guanidine groups is 1. The Balaban J connectivity index is 1.44. The van der Waals surface area contributed by atoms with Crippen molar-refractivity contribution in [3.63, 3.8) is 0 Å². The Morgan fingerprint density at radius 3 is 3.00 bits per heavy atom. The number of fused-ring (bicyclic) bond motifs is 2. The number of ether oxygens (including phenoxy) is 1. The molecule has 2 aliphatic rings. The van der Waals surface area contributed by atoms with Crippen LogP contribution in [-0.4, -0.2) is 52.8 Å². The lowest BCUT2D eigenvalue weighted by Crippen LogP contribution is -2.30. The van der Waals surface area contributed by atoms with Gasteiger partial charge in [-0.15, -0.1) is 11.8 Å². The summed E-state index contributed by atoms with van der Waals surface area (Å²) in [7, 11) is 0. The Bertz CT molecular complexity index is 1020. The number of nitrogens with two attached hydrogens (primary N) is 2. The van der Waals surface area contributed by atoms with Crippen LogP contribution in [0, 0.1) is 0 Å². The van der Waals surface area contributed by atoms with Gasteiger partial charge in [0.2, 0.25) is 0 Å². The molecular weight excluding hydrogens is 414 g/mol. The predicted molar refractivity (Wildman–Crippen MR) is 125 cm³/mol. The van der Waals surface area contributed by atoms with Crippen molar-refractivity contribution < 1.29 is 4.74 Å². The third-order valence-electron chi connectivity index (χ3n) is 5.69. The number of aliphatic imine (C=N–C) groups is 1. The van der Waals surface area contributed by atoms with Gasteiger partial charge in [-0.2, -0.15) is 4.98 Å². The van der Waals surface area contributed by atoms with E-state index in [1.165, 1.54) is 0 Å². The van der Waals surface area contributed by atoms with Crippen LogP contribution in [0.15, 0.2) is 39.1 Å². The van der Waals surface area contributed by atoms with E-state index in [2.05, 4.69) is 20.2 Å². The quantitative estimate of drug-likeness (QED) is 0.230. The summed E-state index contributed by atoms with van der Waals surface area (Å²) in [5.41, 5.74) is 11.3. The van der Waals surface area contributed by atoms with Gasteiger partial charge in [0.15, 0.2) is 23.3 Å². The molecule has 1 aromatic heterocycles. The monoisotopic (exact) mass is 443 g/mol. The van der Waals surface area contributed by atoms with E-state index in [-0.39, 0.29) is 17.7 Å². The van der Waals surface area contributed by atoms with Gasteiger partial charge in [-0.25, -0.2) is 4.79 Å². The molecule has 0 radical (unpaired) electrons. The number of likely N-dealkylation sites (tertiary alicyclic amines) is 1. The highest BCUT2D eigenvalue weighted by Crippen LogP contribution is 2.41. The molecule has 10 heteroatoms. The normalized spacial score (nSPS) is 18.2. The van der Waals surface area contributed by atoms with E-state index >= 15 is 0 Å². The maximum absolute atomic E-state index is 12.8. The summed E-state index contributed by atoms with van der Waals surface area (Å²) in [4.78, 5) is 24.7. The van der Waals surface area contributed by atoms with Crippen LogP contribution in [0.5, 0.6) is 11.5 Å². The van der Waals surface area contributed by atoms with Crippen molar-refractivity contribution in [2.75, 3.05) is 37.8 Å². The zero-order valence-corrected chi connectivity index (χ0v) is 18.5. The molecule has 4 rings (SSSR count). The van der Waals surface area contributed by atoms with Gasteiger partial charge in [0, 0.05) is 24.0 Å². The van der Waals surface area contributed by atoms with E-state index in [1.807, 2.05) is 30.7 Å². The number of aromatic nitrogens is 2. The summed E-state index contributed by atoms with van der Waals surface area (Å²) in [6, 6.07) is 6.07. The molecule has 3 heterocycles. The third-order valence-corrected chi connectivity index (χ3v) is 6.41. The third kappa shape index (κ3) is 5.13. The van der Waals surface area contributed by atoms with E-state index in [1.54, 1.807) is 16.3 Å². The van der Waals surface area contributed by atoms with Gasteiger partial charge in [0.1, 0.15) is 0 Å². The Morgan fingerprint density at radius 1 is 1.32 bits per heavy atom. The Morgan fingerprint density at radius 2 is 2.19 bits per heavy atom. The van der Waals surface area contributed by atoms with Crippen molar-refractivity contribution in [1.29, 1.82) is 0 Å². The molecule has 1 aromatic carbocycles. The average molecular weight is 444 g/mol. The van der Waals surface area contributed by atoms with Crippen LogP contribution in [0.2, 0.25) is 0 Å². The van der Waals surface area contributed by atoms with E-state index in [0.29, 0.717) is 18.1 Å². The lowest BCUT2D eigenvalue weighted by Gasteiger charge is -2.24. The van der Waals surface area contributed by atoms with Gasteiger partial charge in [-0.3, -0.25) is 9.56 Å². The highest BCUT2D eigenvalue weighted by atomic mass is 32.2. The largest absolute Gasteiger partial charge is 0.450 e. The smallest absolute Gasteiger partial charge is 0.350 e. The summed E-state index contributed by atoms with van der Waals surface area (Å²) in [6.07, 6.45) is 7.60. The first-order valence-electron chi connectivity index (χ1n) is 10.6. The molecule has 31 heavy (non-hydrogen) atoms. The van der Waals surface area contributed by atoms with Crippen molar-refractivity contribution >= 4 is 29.2 Å². The minimum atomic E-state index is -0.245. The number of nitrogens with one attached hydrogen (secondary N) is 1. The summed E-state index contributed by atoms with van der Waals surface area (Å²) in [6.45, 7) is 3.52. The lowest BCUT2D eigenvalue weighted by atomic mass is 10.1. The van der Waals surface area contributed by atoms with E-state index in [4.69, 9.17) is 16.2 Å². The molecule has 1 unspecified atom stereocenters. The topological polar surface area (TPSA) is 124 Å². The van der Waals surface area contributed by atoms with Crippen molar-refractivity contribution in [3.8, 4) is 11.5 Å². The maximum Gasteiger partial charge on any atom is 0.350 e. The van der Waals surface area contributed by atoms with Crippen LogP contribution in [0.25, 0.3) is 0 Å². The fraction of sp³-hybridized carbons (Fsp3) is 0.476. The first kappa shape index (κ1) is 21.5. The number of anilines is 2. The minimum absolute atomic E-state index is 0.108. The fourth-order valence-electron chi connectivity index (χ4n) is 4.09. The van der Waals surface area contributed by atoms with Gasteiger partial charge in [-0.1, -0.05) is 0 Å². The van der Waals surface area contributed by atoms with Gasteiger partial charge in [0.05, 0.1) is 11.9 Å². The van der Waals surface area contributed by atoms with Gasteiger partial charge in [0.25, 0.3) is 0 Å². The number of rotatable bonds is 6. The molecule has 2 aromatic rings. The zero-order chi connectivity index (χ0) is 21.8. The van der Waals surface area contributed by atoms with Gasteiger partial charge in [-0.05, 0) is 63.2 Å². The van der Waals surface area contributed by atoms with Crippen molar-refractivity contribution in [2.45, 2.75) is 36.6 Å². The second kappa shape index (κ2) is 9.61. The number of thioether (sulfide) groups is 1. The Labute approximate surface area is 185 Å². The average Bonchev–Trinajstić information content (AvgIpc) is 3.00. The molecule has 0 amide bonds. The van der Waals surface area contributed by atoms with Crippen LogP contribution < -0.4 is 27.2 Å². The summed E-state index contributed by atoms with van der Waals surface area (Å²) in [5, 5.41) is 3.24. The van der Waals surface area contributed by atoms with Crippen molar-refractivity contribution in [2.24, 2.45) is 16.5 Å². The number of nitrogens with zero attached hydrogens (tertiary/aromatic N) is 4.